The molecular formula is C60H18F36FeN3O6. The molecule has 0 aliphatic carbocycles. The fourth-order valence-electron chi connectivity index (χ4n) is 8.45. The quantitative estimate of drug-likeness (QED) is 0.0244. The standard InChI is InChI=1S/3C20H7F12NO2.Fe/c3*21-17(22,23)10-1-8(2-11(5-10)18(24,25)26)15(34)14(7-33)16(35)9-3-12(19(27,28)29)6-13(4-9)20(30,31)32;/h3*1-6,34H;/q;;;+3/p-3/b3*15-14-;. The zero-order valence-electron chi connectivity index (χ0n) is 49.1. The number of halogens is 36. The summed E-state index contributed by atoms with van der Waals surface area (Å²) in [7, 11) is 0. The van der Waals surface area contributed by atoms with Crippen molar-refractivity contribution >= 4 is 34.6 Å². The summed E-state index contributed by atoms with van der Waals surface area (Å²) in [4.78, 5) is 43.6. The Hall–Kier alpha value is -10.6. The molecule has 0 radical (unpaired) electrons. The first-order valence-corrected chi connectivity index (χ1v) is 27.6. The summed E-state index contributed by atoms with van der Waals surface area (Å²) in [6.45, 7) is 0. The van der Waals surface area contributed by atoms with Crippen LogP contribution in [0.1, 0.15) is 115 Å². The number of ketones is 3. The predicted molar refractivity (Wildman–Crippen MR) is 273 cm³/mol. The molecule has 569 valence electrons. The maximum absolute atomic E-state index is 14.8. The van der Waals surface area contributed by atoms with Crippen LogP contribution in [0.4, 0.5) is 158 Å². The van der Waals surface area contributed by atoms with Gasteiger partial charge in [0.05, 0.1) is 0 Å². The molecule has 106 heavy (non-hydrogen) atoms. The van der Waals surface area contributed by atoms with Crippen molar-refractivity contribution in [3.8, 4) is 18.2 Å². The van der Waals surface area contributed by atoms with Crippen LogP contribution in [-0.4, -0.2) is 17.3 Å². The average molecular weight is 1620 g/mol. The first-order chi connectivity index (χ1) is 47.7. The summed E-state index contributed by atoms with van der Waals surface area (Å²) in [6.07, 6.45) is -75.7. The fraction of sp³-hybridized carbons (Fsp3) is 0.200. The monoisotopic (exact) mass is 1620 g/mol. The van der Waals surface area contributed by atoms with Crippen LogP contribution in [0.25, 0.3) is 17.3 Å². The molecule has 0 unspecified atom stereocenters. The average Bonchev–Trinajstić information content (AvgIpc) is 0.774. The zero-order valence-corrected chi connectivity index (χ0v) is 50.2. The van der Waals surface area contributed by atoms with E-state index in [0.29, 0.717) is 18.2 Å². The Balaban J connectivity index is 2.05. The van der Waals surface area contributed by atoms with Gasteiger partial charge in [0, 0.05) is 0 Å². The van der Waals surface area contributed by atoms with E-state index in [2.05, 4.69) is 0 Å². The van der Waals surface area contributed by atoms with E-state index in [1.54, 1.807) is 0 Å². The van der Waals surface area contributed by atoms with Gasteiger partial charge in [-0.3, -0.25) is 0 Å². The number of Topliss-reactive ketones (excluding diaryl/α,β-unsaturated/α-hetero) is 3. The number of benzene rings is 6. The molecule has 46 heteroatoms. The third-order valence-corrected chi connectivity index (χ3v) is 14.4. The minimum absolute atomic E-state index is 0.398. The number of hydrogen-bond acceptors (Lipinski definition) is 9. The van der Waals surface area contributed by atoms with Crippen LogP contribution in [-0.2, 0) is 100 Å². The molecule has 0 bridgehead atoms. The van der Waals surface area contributed by atoms with E-state index in [-0.39, 0.29) is 0 Å². The van der Waals surface area contributed by atoms with E-state index < -0.39 is 350 Å². The summed E-state index contributed by atoms with van der Waals surface area (Å²) < 4.78 is 539. The minimum atomic E-state index is -6.49. The Labute approximate surface area is 566 Å². The van der Waals surface area contributed by atoms with E-state index >= 15 is 0 Å². The predicted octanol–water partition coefficient (Wildman–Crippen LogP) is 22.1. The number of carbonyl (C=O) groups excluding carboxylic acids is 3. The number of rotatable bonds is 15. The first kappa shape index (κ1) is 84.4. The van der Waals surface area contributed by atoms with Gasteiger partial charge in [-0.25, -0.2) is 0 Å². The molecule has 0 fully saturated rings. The van der Waals surface area contributed by atoms with Gasteiger partial charge in [-0.2, -0.15) is 0 Å². The van der Waals surface area contributed by atoms with Gasteiger partial charge in [-0.15, -0.1) is 0 Å². The van der Waals surface area contributed by atoms with Crippen LogP contribution >= 0.6 is 0 Å². The number of nitriles is 3. The van der Waals surface area contributed by atoms with Gasteiger partial charge in [0.1, 0.15) is 0 Å². The second kappa shape index (κ2) is 28.7. The topological polar surface area (TPSA) is 150 Å². The third-order valence-electron chi connectivity index (χ3n) is 13.2. The molecule has 0 amide bonds. The van der Waals surface area contributed by atoms with Crippen LogP contribution in [0, 0.1) is 34.0 Å². The van der Waals surface area contributed by atoms with E-state index in [4.69, 9.17) is 11.5 Å². The Bertz CT molecular complexity index is 4050. The van der Waals surface area contributed by atoms with Crippen molar-refractivity contribution in [3.05, 3.63) is 226 Å². The van der Waals surface area contributed by atoms with E-state index in [9.17, 15) is 188 Å². The van der Waals surface area contributed by atoms with Crippen molar-refractivity contribution in [1.29, 1.82) is 15.8 Å². The molecule has 6 rings (SSSR count). The Morgan fingerprint density at radius 3 is 0.434 bits per heavy atom. The van der Waals surface area contributed by atoms with Gasteiger partial charge in [-0.05, 0) is 0 Å². The summed E-state index contributed by atoms with van der Waals surface area (Å²) in [5.74, 6) is -18.3. The number of nitrogens with zero attached hydrogens (tertiary/aromatic N) is 3. The molecule has 0 aliphatic heterocycles. The molecular weight excluding hydrogens is 1600 g/mol. The van der Waals surface area contributed by atoms with Gasteiger partial charge in [-0.1, -0.05) is 0 Å². The van der Waals surface area contributed by atoms with Gasteiger partial charge < -0.3 is 0 Å². The van der Waals surface area contributed by atoms with E-state index in [1.807, 2.05) is 0 Å². The van der Waals surface area contributed by atoms with Crippen LogP contribution < -0.4 is 0 Å². The fourth-order valence-corrected chi connectivity index (χ4v) is 9.87. The van der Waals surface area contributed by atoms with Crippen LogP contribution in [0.15, 0.2) is 126 Å². The first-order valence-electron chi connectivity index (χ1n) is 26.3. The van der Waals surface area contributed by atoms with Crippen LogP contribution in [0.2, 0.25) is 0 Å². The molecule has 0 heterocycles. The van der Waals surface area contributed by atoms with Crippen LogP contribution in [0.5, 0.6) is 0 Å². The normalized spacial score (nSPS) is 14.2. The second-order valence-corrected chi connectivity index (χ2v) is 21.8. The van der Waals surface area contributed by atoms with Gasteiger partial charge in [0.25, 0.3) is 0 Å². The molecule has 6 aromatic carbocycles. The summed E-state index contributed by atoms with van der Waals surface area (Å²) in [5.41, 5.74) is -57.3. The zero-order chi connectivity index (χ0) is 81.1. The van der Waals surface area contributed by atoms with Crippen molar-refractivity contribution in [1.82, 2.24) is 0 Å². The van der Waals surface area contributed by atoms with Crippen molar-refractivity contribution in [2.24, 2.45) is 0 Å². The number of hydrogen-bond donors (Lipinski definition) is 0. The number of allylic oxidation sites excluding steroid dienone is 3. The third kappa shape index (κ3) is 20.1. The molecule has 9 nitrogen and oxygen atoms in total. The molecule has 0 N–H and O–H groups in total. The molecule has 0 aliphatic rings. The van der Waals surface area contributed by atoms with Gasteiger partial charge in [0.2, 0.25) is 0 Å². The van der Waals surface area contributed by atoms with Crippen molar-refractivity contribution in [2.45, 2.75) is 74.1 Å². The number of carbonyl (C=O) groups is 3. The van der Waals surface area contributed by atoms with Gasteiger partial charge in [0.15, 0.2) is 0 Å². The Kier molecular flexibility index (Phi) is 22.8. The van der Waals surface area contributed by atoms with E-state index in [0.717, 1.165) is 0 Å². The van der Waals surface area contributed by atoms with Crippen molar-refractivity contribution < 1.29 is 199 Å². The number of alkyl halides is 36. The molecule has 0 saturated heterocycles. The molecule has 0 saturated carbocycles. The van der Waals surface area contributed by atoms with Crippen molar-refractivity contribution in [2.75, 3.05) is 0 Å². The maximum atomic E-state index is 14.8. The SMILES string of the molecule is N#C/C(C(=O)c1cc(C(F)(F)F)cc(C(F)(F)F)c1)=C(/[O][Fe]([O]/C(=C(/C#N)C(=O)c1cc(C(F)(F)F)cc(C(F)(F)F)c1)c1cc(C(F)(F)F)cc(C(F)(F)F)c1)[O]/C(=C(/C#N)C(=O)c1cc(C(F)(F)F)cc(C(F)(F)F)c1)c1cc(C(F)(F)F)cc(C(F)(F)F)c1)c1cc(C(F)(F)F)cc(C(F)(F)F)c1. The van der Waals surface area contributed by atoms with Crippen molar-refractivity contribution in [3.63, 3.8) is 0 Å². The summed E-state index contributed by atoms with van der Waals surface area (Å²) in [5, 5.41) is 31.9. The molecule has 6 aromatic rings. The second-order valence-electron chi connectivity index (χ2n) is 20.6. The molecule has 0 aromatic heterocycles. The van der Waals surface area contributed by atoms with Crippen LogP contribution in [0.3, 0.4) is 0 Å². The van der Waals surface area contributed by atoms with E-state index in [1.165, 1.54) is 0 Å². The van der Waals surface area contributed by atoms with Gasteiger partial charge >= 0.3 is 568 Å². The Morgan fingerprint density at radius 2 is 0.330 bits per heavy atom. The molecule has 0 spiro atoms. The Morgan fingerprint density at radius 1 is 0.217 bits per heavy atom. The molecule has 0 atom stereocenters. The summed E-state index contributed by atoms with van der Waals surface area (Å²) in [6, 6.07) is -14.8. The summed E-state index contributed by atoms with van der Waals surface area (Å²) >= 11 is -6.49.